The highest BCUT2D eigenvalue weighted by atomic mass is 16.1. The van der Waals surface area contributed by atoms with Gasteiger partial charge in [0.25, 0.3) is 0 Å². The summed E-state index contributed by atoms with van der Waals surface area (Å²) in [5.41, 5.74) is 3.15. The van der Waals surface area contributed by atoms with Crippen molar-refractivity contribution in [1.29, 1.82) is 0 Å². The second-order valence-corrected chi connectivity index (χ2v) is 5.16. The molecule has 1 atom stereocenters. The Kier molecular flexibility index (Phi) is 2.96. The molecule has 0 bridgehead atoms. The predicted molar refractivity (Wildman–Crippen MR) is 72.9 cm³/mol. The highest BCUT2D eigenvalue weighted by Gasteiger charge is 2.16. The van der Waals surface area contributed by atoms with E-state index in [1.165, 1.54) is 12.8 Å². The first-order valence-electron chi connectivity index (χ1n) is 6.67. The molecule has 96 valence electrons. The molecular weight excluding hydrogens is 226 g/mol. The van der Waals surface area contributed by atoms with Crippen LogP contribution in [0, 0.1) is 6.92 Å². The summed E-state index contributed by atoms with van der Waals surface area (Å²) in [6.45, 7) is 3.89. The van der Waals surface area contributed by atoms with Crippen LogP contribution in [0.4, 0.5) is 0 Å². The average Bonchev–Trinajstić information content (AvgIpc) is 2.69. The zero-order valence-electron chi connectivity index (χ0n) is 10.7. The molecule has 0 amide bonds. The molecule has 0 spiro atoms. The summed E-state index contributed by atoms with van der Waals surface area (Å²) in [7, 11) is 0. The van der Waals surface area contributed by atoms with Gasteiger partial charge in [-0.05, 0) is 37.9 Å². The summed E-state index contributed by atoms with van der Waals surface area (Å²) in [4.78, 5) is 15.0. The Balaban J connectivity index is 2.00. The largest absolute Gasteiger partial charge is 0.326 e. The molecule has 4 nitrogen and oxygen atoms in total. The van der Waals surface area contributed by atoms with Gasteiger partial charge in [0.2, 0.25) is 0 Å². The van der Waals surface area contributed by atoms with E-state index in [9.17, 15) is 4.79 Å². The van der Waals surface area contributed by atoms with E-state index in [2.05, 4.69) is 23.3 Å². The summed E-state index contributed by atoms with van der Waals surface area (Å²) in [5.74, 6) is 0. The first kappa shape index (κ1) is 11.5. The van der Waals surface area contributed by atoms with E-state index in [0.717, 1.165) is 36.1 Å². The van der Waals surface area contributed by atoms with Gasteiger partial charge in [-0.15, -0.1) is 0 Å². The first-order chi connectivity index (χ1) is 8.75. The fraction of sp³-hybridized carbons (Fsp3) is 0.500. The molecule has 1 aromatic heterocycles. The molecule has 0 saturated carbocycles. The Morgan fingerprint density at radius 3 is 3.06 bits per heavy atom. The lowest BCUT2D eigenvalue weighted by Gasteiger charge is -2.23. The van der Waals surface area contributed by atoms with Crippen LogP contribution >= 0.6 is 0 Å². The molecule has 18 heavy (non-hydrogen) atoms. The van der Waals surface area contributed by atoms with Gasteiger partial charge >= 0.3 is 5.69 Å². The lowest BCUT2D eigenvalue weighted by molar-refractivity contribution is 0.363. The highest BCUT2D eigenvalue weighted by Crippen LogP contribution is 2.16. The number of hydrogen-bond acceptors (Lipinski definition) is 2. The van der Waals surface area contributed by atoms with Crippen LogP contribution in [0.25, 0.3) is 11.0 Å². The van der Waals surface area contributed by atoms with Gasteiger partial charge in [0.15, 0.2) is 0 Å². The number of aryl methyl sites for hydroxylation is 1. The molecule has 1 fully saturated rings. The Bertz CT molecular complexity index is 605. The molecule has 1 saturated heterocycles. The lowest BCUT2D eigenvalue weighted by atomic mass is 10.0. The second kappa shape index (κ2) is 4.61. The van der Waals surface area contributed by atoms with Crippen molar-refractivity contribution in [3.8, 4) is 0 Å². The number of fused-ring (bicyclic) bond motifs is 1. The minimum absolute atomic E-state index is 0.00618. The van der Waals surface area contributed by atoms with E-state index < -0.39 is 0 Å². The fourth-order valence-corrected chi connectivity index (χ4v) is 2.88. The summed E-state index contributed by atoms with van der Waals surface area (Å²) in [6.07, 6.45) is 3.66. The molecule has 0 radical (unpaired) electrons. The van der Waals surface area contributed by atoms with Crippen LogP contribution < -0.4 is 11.0 Å². The van der Waals surface area contributed by atoms with Gasteiger partial charge in [0.1, 0.15) is 0 Å². The van der Waals surface area contributed by atoms with E-state index in [4.69, 9.17) is 0 Å². The molecule has 4 heteroatoms. The zero-order chi connectivity index (χ0) is 12.5. The molecule has 1 aromatic carbocycles. The Morgan fingerprint density at radius 1 is 1.39 bits per heavy atom. The average molecular weight is 245 g/mol. The van der Waals surface area contributed by atoms with Gasteiger partial charge in [0, 0.05) is 12.6 Å². The van der Waals surface area contributed by atoms with Crippen molar-refractivity contribution in [2.24, 2.45) is 0 Å². The molecule has 1 aliphatic rings. The van der Waals surface area contributed by atoms with Gasteiger partial charge < -0.3 is 10.3 Å². The summed E-state index contributed by atoms with van der Waals surface area (Å²) in [6, 6.07) is 6.43. The quantitative estimate of drug-likeness (QED) is 0.847. The molecule has 0 aliphatic carbocycles. The maximum absolute atomic E-state index is 12.0. The number of nitrogens with one attached hydrogen (secondary N) is 2. The second-order valence-electron chi connectivity index (χ2n) is 5.16. The van der Waals surface area contributed by atoms with Crippen LogP contribution in [0.5, 0.6) is 0 Å². The molecule has 2 heterocycles. The monoisotopic (exact) mass is 245 g/mol. The number of benzene rings is 1. The van der Waals surface area contributed by atoms with Crippen LogP contribution in [-0.4, -0.2) is 22.1 Å². The van der Waals surface area contributed by atoms with Gasteiger partial charge in [-0.25, -0.2) is 4.79 Å². The standard InChI is InChI=1S/C14H19N3O/c1-10-5-4-7-12-13(10)17(14(18)16-12)9-11-6-2-3-8-15-11/h4-5,7,11,15H,2-3,6,8-9H2,1H3,(H,16,18). The van der Waals surface area contributed by atoms with Crippen molar-refractivity contribution < 1.29 is 0 Å². The topological polar surface area (TPSA) is 49.8 Å². The number of H-pyrrole nitrogens is 1. The number of piperidine rings is 1. The van der Waals surface area contributed by atoms with Crippen LogP contribution in [-0.2, 0) is 6.54 Å². The summed E-state index contributed by atoms with van der Waals surface area (Å²) in [5, 5.41) is 3.50. The van der Waals surface area contributed by atoms with E-state index in [1.807, 2.05) is 16.7 Å². The SMILES string of the molecule is Cc1cccc2[nH]c(=O)n(CC3CCCCN3)c12. The van der Waals surface area contributed by atoms with Gasteiger partial charge in [-0.2, -0.15) is 0 Å². The number of imidazole rings is 1. The number of rotatable bonds is 2. The number of aromatic amines is 1. The van der Waals surface area contributed by atoms with Crippen molar-refractivity contribution in [2.75, 3.05) is 6.54 Å². The highest BCUT2D eigenvalue weighted by molar-refractivity contribution is 5.78. The third-order valence-corrected chi connectivity index (χ3v) is 3.81. The first-order valence-corrected chi connectivity index (χ1v) is 6.67. The molecule has 1 unspecified atom stereocenters. The van der Waals surface area contributed by atoms with Crippen molar-refractivity contribution in [3.63, 3.8) is 0 Å². The third kappa shape index (κ3) is 1.97. The number of hydrogen-bond donors (Lipinski definition) is 2. The Morgan fingerprint density at radius 2 is 2.28 bits per heavy atom. The molecule has 2 aromatic rings. The number of nitrogens with zero attached hydrogens (tertiary/aromatic N) is 1. The Hall–Kier alpha value is -1.55. The number of aromatic nitrogens is 2. The van der Waals surface area contributed by atoms with Crippen molar-refractivity contribution >= 4 is 11.0 Å². The maximum Gasteiger partial charge on any atom is 0.326 e. The van der Waals surface area contributed by atoms with E-state index in [-0.39, 0.29) is 5.69 Å². The smallest absolute Gasteiger partial charge is 0.312 e. The predicted octanol–water partition coefficient (Wildman–Crippen LogP) is 1.78. The lowest BCUT2D eigenvalue weighted by Crippen LogP contribution is -2.39. The summed E-state index contributed by atoms with van der Waals surface area (Å²) < 4.78 is 1.88. The van der Waals surface area contributed by atoms with E-state index in [0.29, 0.717) is 6.04 Å². The van der Waals surface area contributed by atoms with Crippen molar-refractivity contribution in [2.45, 2.75) is 38.8 Å². The van der Waals surface area contributed by atoms with Gasteiger partial charge in [-0.3, -0.25) is 4.57 Å². The van der Waals surface area contributed by atoms with Crippen LogP contribution in [0.15, 0.2) is 23.0 Å². The van der Waals surface area contributed by atoms with Crippen molar-refractivity contribution in [3.05, 3.63) is 34.2 Å². The third-order valence-electron chi connectivity index (χ3n) is 3.81. The normalized spacial score (nSPS) is 20.4. The fourth-order valence-electron chi connectivity index (χ4n) is 2.88. The maximum atomic E-state index is 12.0. The van der Waals surface area contributed by atoms with Gasteiger partial charge in [0.05, 0.1) is 11.0 Å². The van der Waals surface area contributed by atoms with Crippen LogP contribution in [0.2, 0.25) is 0 Å². The minimum Gasteiger partial charge on any atom is -0.312 e. The Labute approximate surface area is 106 Å². The minimum atomic E-state index is 0.00618. The molecule has 3 rings (SSSR count). The van der Waals surface area contributed by atoms with E-state index in [1.54, 1.807) is 0 Å². The summed E-state index contributed by atoms with van der Waals surface area (Å²) >= 11 is 0. The van der Waals surface area contributed by atoms with Crippen LogP contribution in [0.3, 0.4) is 0 Å². The molecular formula is C14H19N3O. The van der Waals surface area contributed by atoms with Crippen molar-refractivity contribution in [1.82, 2.24) is 14.9 Å². The molecule has 2 N–H and O–H groups in total. The van der Waals surface area contributed by atoms with E-state index >= 15 is 0 Å². The molecule has 1 aliphatic heterocycles. The van der Waals surface area contributed by atoms with Crippen LogP contribution in [0.1, 0.15) is 24.8 Å². The van der Waals surface area contributed by atoms with Gasteiger partial charge in [-0.1, -0.05) is 18.6 Å². The zero-order valence-corrected chi connectivity index (χ0v) is 10.7. The number of para-hydroxylation sites is 1.